The molecule has 2 rings (SSSR count). The minimum Gasteiger partial charge on any atom is -0.384 e. The summed E-state index contributed by atoms with van der Waals surface area (Å²) < 4.78 is 1.47. The van der Waals surface area contributed by atoms with Crippen LogP contribution in [0.25, 0.3) is 0 Å². The lowest BCUT2D eigenvalue weighted by Gasteiger charge is -2.18. The molecule has 0 saturated carbocycles. The minimum atomic E-state index is -0.182. The molecule has 1 aromatic carbocycles. The van der Waals surface area contributed by atoms with E-state index in [1.807, 2.05) is 6.07 Å². The van der Waals surface area contributed by atoms with E-state index in [1.54, 1.807) is 49.6 Å². The van der Waals surface area contributed by atoms with Gasteiger partial charge in [-0.1, -0.05) is 12.1 Å². The number of nitrogens with two attached hydrogens (primary N) is 1. The van der Waals surface area contributed by atoms with E-state index in [0.29, 0.717) is 11.4 Å². The molecule has 1 heterocycles. The quantitative estimate of drug-likeness (QED) is 0.629. The molecule has 0 bridgehead atoms. The Morgan fingerprint density at radius 2 is 2.21 bits per heavy atom. The smallest absolute Gasteiger partial charge is 0.293 e. The predicted octanol–water partition coefficient (Wildman–Crippen LogP) is 0.832. The summed E-state index contributed by atoms with van der Waals surface area (Å²) in [5.41, 5.74) is 6.64. The number of anilines is 2. The number of aryl methyl sites for hydroxylation is 1. The van der Waals surface area contributed by atoms with Gasteiger partial charge in [0.25, 0.3) is 5.56 Å². The Morgan fingerprint density at radius 3 is 2.89 bits per heavy atom. The zero-order valence-corrected chi connectivity index (χ0v) is 10.8. The molecule has 0 unspecified atom stereocenters. The van der Waals surface area contributed by atoms with Crippen molar-refractivity contribution >= 4 is 17.3 Å². The maximum absolute atomic E-state index is 12.0. The van der Waals surface area contributed by atoms with Gasteiger partial charge in [0, 0.05) is 37.7 Å². The Kier molecular flexibility index (Phi) is 3.33. The molecule has 0 spiro atoms. The van der Waals surface area contributed by atoms with Crippen LogP contribution in [0.5, 0.6) is 0 Å². The Morgan fingerprint density at radius 1 is 1.47 bits per heavy atom. The van der Waals surface area contributed by atoms with Gasteiger partial charge in [0.1, 0.15) is 5.84 Å². The second kappa shape index (κ2) is 4.93. The Bertz CT molecular complexity index is 677. The number of amidine groups is 1. The maximum Gasteiger partial charge on any atom is 0.293 e. The highest BCUT2D eigenvalue weighted by molar-refractivity contribution is 5.95. The highest BCUT2D eigenvalue weighted by Crippen LogP contribution is 2.19. The molecule has 0 saturated heterocycles. The second-order valence-corrected chi connectivity index (χ2v) is 4.19. The van der Waals surface area contributed by atoms with Gasteiger partial charge in [0.2, 0.25) is 0 Å². The maximum atomic E-state index is 12.0. The number of nitrogens with one attached hydrogen (secondary N) is 1. The normalized spacial score (nSPS) is 10.2. The number of aromatic nitrogens is 2. The first kappa shape index (κ1) is 12.8. The van der Waals surface area contributed by atoms with Crippen LogP contribution < -0.4 is 16.2 Å². The summed E-state index contributed by atoms with van der Waals surface area (Å²) in [6.07, 6.45) is 3.17. The first-order chi connectivity index (χ1) is 9.00. The van der Waals surface area contributed by atoms with Crippen LogP contribution in [-0.2, 0) is 7.05 Å². The van der Waals surface area contributed by atoms with E-state index in [-0.39, 0.29) is 11.4 Å². The van der Waals surface area contributed by atoms with Gasteiger partial charge >= 0.3 is 0 Å². The lowest BCUT2D eigenvalue weighted by Crippen LogP contribution is -2.26. The third kappa shape index (κ3) is 2.47. The van der Waals surface area contributed by atoms with Crippen molar-refractivity contribution in [1.82, 2.24) is 9.55 Å². The van der Waals surface area contributed by atoms with Crippen LogP contribution in [0.4, 0.5) is 11.5 Å². The predicted molar refractivity (Wildman–Crippen MR) is 75.0 cm³/mol. The zero-order valence-electron chi connectivity index (χ0n) is 10.8. The van der Waals surface area contributed by atoms with Crippen LogP contribution in [0.1, 0.15) is 5.56 Å². The van der Waals surface area contributed by atoms with Gasteiger partial charge in [-0.3, -0.25) is 10.2 Å². The van der Waals surface area contributed by atoms with E-state index in [9.17, 15) is 4.79 Å². The van der Waals surface area contributed by atoms with Crippen LogP contribution in [0, 0.1) is 5.41 Å². The second-order valence-electron chi connectivity index (χ2n) is 4.19. The molecule has 6 nitrogen and oxygen atoms in total. The first-order valence-corrected chi connectivity index (χ1v) is 5.70. The molecular formula is C13H15N5O. The van der Waals surface area contributed by atoms with E-state index in [4.69, 9.17) is 11.1 Å². The Hall–Kier alpha value is -2.63. The number of hydrogen-bond donors (Lipinski definition) is 2. The van der Waals surface area contributed by atoms with Crippen molar-refractivity contribution in [2.75, 3.05) is 11.9 Å². The number of nitrogen functional groups attached to an aromatic ring is 1. The van der Waals surface area contributed by atoms with Crippen LogP contribution >= 0.6 is 0 Å². The standard InChI is InChI=1S/C13H15N5O/c1-17-7-6-16-12(13(17)19)18(2)10-5-3-4-9(8-10)11(14)15/h3-8H,1-2H3,(H3,14,15). The minimum absolute atomic E-state index is 0.0100. The molecular weight excluding hydrogens is 242 g/mol. The number of benzene rings is 1. The number of rotatable bonds is 3. The van der Waals surface area contributed by atoms with Crippen LogP contribution in [0.15, 0.2) is 41.5 Å². The van der Waals surface area contributed by atoms with Gasteiger partial charge in [0.05, 0.1) is 0 Å². The fourth-order valence-electron chi connectivity index (χ4n) is 1.72. The topological polar surface area (TPSA) is 88.0 Å². The van der Waals surface area contributed by atoms with Crippen molar-refractivity contribution in [2.24, 2.45) is 12.8 Å². The van der Waals surface area contributed by atoms with Gasteiger partial charge < -0.3 is 15.2 Å². The van der Waals surface area contributed by atoms with Crippen molar-refractivity contribution in [3.05, 3.63) is 52.6 Å². The van der Waals surface area contributed by atoms with Gasteiger partial charge in [-0.05, 0) is 12.1 Å². The molecule has 0 radical (unpaired) electrons. The van der Waals surface area contributed by atoms with E-state index >= 15 is 0 Å². The molecule has 1 aromatic heterocycles. The molecule has 19 heavy (non-hydrogen) atoms. The lowest BCUT2D eigenvalue weighted by molar-refractivity contribution is 0.833. The van der Waals surface area contributed by atoms with Crippen molar-refractivity contribution in [1.29, 1.82) is 5.41 Å². The third-order valence-electron chi connectivity index (χ3n) is 2.86. The van der Waals surface area contributed by atoms with Crippen LogP contribution in [-0.4, -0.2) is 22.4 Å². The van der Waals surface area contributed by atoms with Gasteiger partial charge in [-0.2, -0.15) is 0 Å². The average Bonchev–Trinajstić information content (AvgIpc) is 2.41. The van der Waals surface area contributed by atoms with Crippen molar-refractivity contribution < 1.29 is 0 Å². The first-order valence-electron chi connectivity index (χ1n) is 5.70. The molecule has 0 aliphatic rings. The highest BCUT2D eigenvalue weighted by Gasteiger charge is 2.11. The van der Waals surface area contributed by atoms with E-state index in [2.05, 4.69) is 4.98 Å². The molecule has 0 amide bonds. The van der Waals surface area contributed by atoms with Crippen molar-refractivity contribution in [2.45, 2.75) is 0 Å². The fraction of sp³-hybridized carbons (Fsp3) is 0.154. The molecule has 0 aliphatic heterocycles. The summed E-state index contributed by atoms with van der Waals surface area (Å²) in [6, 6.07) is 7.11. The van der Waals surface area contributed by atoms with E-state index in [0.717, 1.165) is 5.69 Å². The van der Waals surface area contributed by atoms with Gasteiger partial charge in [-0.25, -0.2) is 4.98 Å². The Balaban J connectivity index is 2.47. The summed E-state index contributed by atoms with van der Waals surface area (Å²) in [6.45, 7) is 0. The SMILES string of the molecule is CN(c1cccc(C(=N)N)c1)c1nccn(C)c1=O. The third-order valence-corrected chi connectivity index (χ3v) is 2.86. The molecule has 98 valence electrons. The van der Waals surface area contributed by atoms with Crippen molar-refractivity contribution in [3.8, 4) is 0 Å². The number of hydrogen-bond acceptors (Lipinski definition) is 4. The van der Waals surface area contributed by atoms with Crippen LogP contribution in [0.3, 0.4) is 0 Å². The van der Waals surface area contributed by atoms with E-state index < -0.39 is 0 Å². The molecule has 0 fully saturated rings. The Labute approximate surface area is 110 Å². The number of nitrogens with zero attached hydrogens (tertiary/aromatic N) is 3. The molecule has 0 aliphatic carbocycles. The summed E-state index contributed by atoms with van der Waals surface area (Å²) in [5.74, 6) is 0.315. The van der Waals surface area contributed by atoms with E-state index in [1.165, 1.54) is 4.57 Å². The molecule has 3 N–H and O–H groups in total. The summed E-state index contributed by atoms with van der Waals surface area (Å²) in [5, 5.41) is 7.43. The van der Waals surface area contributed by atoms with Gasteiger partial charge in [0.15, 0.2) is 5.82 Å². The summed E-state index contributed by atoms with van der Waals surface area (Å²) in [7, 11) is 3.43. The molecule has 0 atom stereocenters. The van der Waals surface area contributed by atoms with Crippen LogP contribution in [0.2, 0.25) is 0 Å². The molecule has 2 aromatic rings. The largest absolute Gasteiger partial charge is 0.384 e. The summed E-state index contributed by atoms with van der Waals surface area (Å²) >= 11 is 0. The fourth-order valence-corrected chi connectivity index (χ4v) is 1.72. The summed E-state index contributed by atoms with van der Waals surface area (Å²) in [4.78, 5) is 17.8. The zero-order chi connectivity index (χ0) is 14.0. The average molecular weight is 257 g/mol. The van der Waals surface area contributed by atoms with Gasteiger partial charge in [-0.15, -0.1) is 0 Å². The lowest BCUT2D eigenvalue weighted by atomic mass is 10.2. The monoisotopic (exact) mass is 257 g/mol. The van der Waals surface area contributed by atoms with Crippen molar-refractivity contribution in [3.63, 3.8) is 0 Å². The molecule has 6 heteroatoms. The highest BCUT2D eigenvalue weighted by atomic mass is 16.1.